The Morgan fingerprint density at radius 2 is 2.29 bits per heavy atom. The van der Waals surface area contributed by atoms with Gasteiger partial charge in [-0.05, 0) is 6.07 Å². The zero-order valence-corrected chi connectivity index (χ0v) is 8.21. The molecule has 0 aliphatic heterocycles. The second-order valence-corrected chi connectivity index (χ2v) is 4.06. The van der Waals surface area contributed by atoms with E-state index in [9.17, 15) is 12.8 Å². The Bertz CT molecular complexity index is 433. The lowest BCUT2D eigenvalue weighted by Gasteiger charge is -2.05. The molecule has 78 valence electrons. The fourth-order valence-electron chi connectivity index (χ4n) is 0.903. The molecule has 0 aliphatic carbocycles. The van der Waals surface area contributed by atoms with Crippen molar-refractivity contribution in [2.24, 2.45) is 5.14 Å². The molecule has 0 saturated heterocycles. The van der Waals surface area contributed by atoms with Crippen LogP contribution in [0, 0.1) is 0 Å². The molecule has 0 bridgehead atoms. The number of primary sulfonamides is 1. The fourth-order valence-corrected chi connectivity index (χ4v) is 1.60. The third-order valence-corrected chi connectivity index (χ3v) is 2.43. The van der Waals surface area contributed by atoms with E-state index in [1.165, 1.54) is 13.3 Å². The Morgan fingerprint density at radius 1 is 1.64 bits per heavy atom. The lowest BCUT2D eigenvalue weighted by atomic mass is 10.3. The predicted molar refractivity (Wildman–Crippen MR) is 47.0 cm³/mol. The van der Waals surface area contributed by atoms with Gasteiger partial charge in [-0.2, -0.15) is 0 Å². The molecular weight excluding hydrogens is 211 g/mol. The Kier molecular flexibility index (Phi) is 3.02. The number of hydrogen-bond donors (Lipinski definition) is 1. The van der Waals surface area contributed by atoms with Crippen molar-refractivity contribution in [3.63, 3.8) is 0 Å². The number of sulfonamides is 1. The van der Waals surface area contributed by atoms with E-state index in [0.717, 1.165) is 6.07 Å². The summed E-state index contributed by atoms with van der Waals surface area (Å²) in [6.45, 7) is -0.806. The van der Waals surface area contributed by atoms with Gasteiger partial charge in [-0.1, -0.05) is 0 Å². The third-order valence-electron chi connectivity index (χ3n) is 1.53. The Hall–Kier alpha value is -1.21. The van der Waals surface area contributed by atoms with Crippen molar-refractivity contribution in [2.75, 3.05) is 7.11 Å². The maximum atomic E-state index is 12.2. The van der Waals surface area contributed by atoms with Crippen molar-refractivity contribution < 1.29 is 17.5 Å². The van der Waals surface area contributed by atoms with Crippen molar-refractivity contribution >= 4 is 10.0 Å². The molecule has 0 spiro atoms. The largest absolute Gasteiger partial charge is 0.480 e. The van der Waals surface area contributed by atoms with Gasteiger partial charge in [-0.3, -0.25) is 0 Å². The highest BCUT2D eigenvalue weighted by molar-refractivity contribution is 7.89. The van der Waals surface area contributed by atoms with Crippen molar-refractivity contribution in [2.45, 2.75) is 11.6 Å². The monoisotopic (exact) mass is 220 g/mol. The summed E-state index contributed by atoms with van der Waals surface area (Å²) in [5.41, 5.74) is 0.134. The molecule has 0 atom stereocenters. The van der Waals surface area contributed by atoms with Crippen LogP contribution in [-0.4, -0.2) is 20.5 Å². The second kappa shape index (κ2) is 3.89. The topological polar surface area (TPSA) is 82.3 Å². The zero-order chi connectivity index (χ0) is 10.8. The van der Waals surface area contributed by atoms with E-state index in [1.807, 2.05) is 0 Å². The average molecular weight is 220 g/mol. The van der Waals surface area contributed by atoms with Crippen LogP contribution in [0.25, 0.3) is 0 Å². The zero-order valence-electron chi connectivity index (χ0n) is 7.40. The summed E-state index contributed by atoms with van der Waals surface area (Å²) in [7, 11) is -2.68. The molecule has 0 unspecified atom stereocenters. The van der Waals surface area contributed by atoms with Gasteiger partial charge in [0.2, 0.25) is 15.9 Å². The van der Waals surface area contributed by atoms with Crippen molar-refractivity contribution in [3.05, 3.63) is 17.8 Å². The molecule has 1 aromatic heterocycles. The van der Waals surface area contributed by atoms with Crippen LogP contribution in [0.3, 0.4) is 0 Å². The van der Waals surface area contributed by atoms with Gasteiger partial charge < -0.3 is 4.74 Å². The van der Waals surface area contributed by atoms with E-state index >= 15 is 0 Å². The quantitative estimate of drug-likeness (QED) is 0.789. The van der Waals surface area contributed by atoms with Crippen LogP contribution in [0.2, 0.25) is 0 Å². The van der Waals surface area contributed by atoms with Crippen LogP contribution in [0.15, 0.2) is 17.2 Å². The number of hydrogen-bond acceptors (Lipinski definition) is 4. The molecule has 0 fully saturated rings. The second-order valence-electron chi connectivity index (χ2n) is 2.53. The number of methoxy groups -OCH3 is 1. The number of nitrogens with zero attached hydrogens (tertiary/aromatic N) is 1. The van der Waals surface area contributed by atoms with Crippen LogP contribution in [0.5, 0.6) is 5.88 Å². The van der Waals surface area contributed by atoms with Crippen LogP contribution < -0.4 is 9.88 Å². The summed E-state index contributed by atoms with van der Waals surface area (Å²) >= 11 is 0. The van der Waals surface area contributed by atoms with E-state index < -0.39 is 16.7 Å². The molecule has 1 rings (SSSR count). The van der Waals surface area contributed by atoms with Crippen LogP contribution in [0.4, 0.5) is 4.39 Å². The number of halogens is 1. The maximum absolute atomic E-state index is 12.2. The number of pyridine rings is 1. The highest BCUT2D eigenvalue weighted by atomic mass is 32.2. The first-order valence-corrected chi connectivity index (χ1v) is 5.15. The average Bonchev–Trinajstić information content (AvgIpc) is 2.15. The van der Waals surface area contributed by atoms with Crippen molar-refractivity contribution in [3.8, 4) is 5.88 Å². The van der Waals surface area contributed by atoms with Crippen LogP contribution in [0.1, 0.15) is 5.56 Å². The highest BCUT2D eigenvalue weighted by Crippen LogP contribution is 2.20. The van der Waals surface area contributed by atoms with Gasteiger partial charge in [0.25, 0.3) is 0 Å². The smallest absolute Gasteiger partial charge is 0.243 e. The van der Waals surface area contributed by atoms with Gasteiger partial charge in [0, 0.05) is 11.8 Å². The number of ether oxygens (including phenoxy) is 1. The van der Waals surface area contributed by atoms with Gasteiger partial charge in [0.05, 0.1) is 7.11 Å². The first-order chi connectivity index (χ1) is 6.49. The number of alkyl halides is 1. The molecule has 0 aliphatic rings. The standard InChI is InChI=1S/C7H9FN2O3S/c1-13-7-6(14(9,11)12)2-5(3-8)4-10-7/h2,4H,3H2,1H3,(H2,9,11,12). The minimum Gasteiger partial charge on any atom is -0.480 e. The first kappa shape index (κ1) is 10.9. The van der Waals surface area contributed by atoms with E-state index in [2.05, 4.69) is 9.72 Å². The lowest BCUT2D eigenvalue weighted by molar-refractivity contribution is 0.383. The van der Waals surface area contributed by atoms with Crippen LogP contribution in [-0.2, 0) is 16.7 Å². The molecule has 0 radical (unpaired) electrons. The third kappa shape index (κ3) is 2.18. The minimum absolute atomic E-state index is 0.134. The van der Waals surface area contributed by atoms with Gasteiger partial charge >= 0.3 is 0 Å². The summed E-state index contributed by atoms with van der Waals surface area (Å²) in [4.78, 5) is 3.30. The molecule has 7 heteroatoms. The van der Waals surface area contributed by atoms with Gasteiger partial charge in [0.15, 0.2) is 0 Å². The lowest BCUT2D eigenvalue weighted by Crippen LogP contribution is -2.14. The summed E-state index contributed by atoms with van der Waals surface area (Å²) < 4.78 is 38.9. The van der Waals surface area contributed by atoms with E-state index in [0.29, 0.717) is 0 Å². The van der Waals surface area contributed by atoms with E-state index in [1.54, 1.807) is 0 Å². The summed E-state index contributed by atoms with van der Waals surface area (Å²) in [5, 5.41) is 4.89. The Morgan fingerprint density at radius 3 is 2.71 bits per heavy atom. The number of aromatic nitrogens is 1. The van der Waals surface area contributed by atoms with Crippen LogP contribution >= 0.6 is 0 Å². The van der Waals surface area contributed by atoms with Gasteiger partial charge in [0.1, 0.15) is 11.6 Å². The van der Waals surface area contributed by atoms with Gasteiger partial charge in [-0.15, -0.1) is 0 Å². The predicted octanol–water partition coefficient (Wildman–Crippen LogP) is 0.207. The highest BCUT2D eigenvalue weighted by Gasteiger charge is 2.16. The summed E-state index contributed by atoms with van der Waals surface area (Å²) in [6.07, 6.45) is 1.19. The number of nitrogens with two attached hydrogens (primary N) is 1. The molecule has 0 amide bonds. The first-order valence-electron chi connectivity index (χ1n) is 3.60. The van der Waals surface area contributed by atoms with E-state index in [-0.39, 0.29) is 16.3 Å². The van der Waals surface area contributed by atoms with E-state index in [4.69, 9.17) is 5.14 Å². The fraction of sp³-hybridized carbons (Fsp3) is 0.286. The molecule has 0 aromatic carbocycles. The molecule has 14 heavy (non-hydrogen) atoms. The molecule has 0 saturated carbocycles. The van der Waals surface area contributed by atoms with Gasteiger partial charge in [-0.25, -0.2) is 22.9 Å². The Labute approximate surface area is 80.8 Å². The molecular formula is C7H9FN2O3S. The molecule has 1 heterocycles. The maximum Gasteiger partial charge on any atom is 0.243 e. The molecule has 1 aromatic rings. The number of rotatable bonds is 3. The molecule has 2 N–H and O–H groups in total. The minimum atomic E-state index is -3.93. The molecule has 5 nitrogen and oxygen atoms in total. The van der Waals surface area contributed by atoms with Crippen molar-refractivity contribution in [1.29, 1.82) is 0 Å². The Balaban J connectivity index is 3.37. The summed E-state index contributed by atoms with van der Waals surface area (Å²) in [6, 6.07) is 1.10. The normalized spacial score (nSPS) is 11.4. The SMILES string of the molecule is COc1ncc(CF)cc1S(N)(=O)=O. The summed E-state index contributed by atoms with van der Waals surface area (Å²) in [5.74, 6) is -0.135. The van der Waals surface area contributed by atoms with Crippen molar-refractivity contribution in [1.82, 2.24) is 4.98 Å².